The Morgan fingerprint density at radius 2 is 2.00 bits per heavy atom. The van der Waals surface area contributed by atoms with E-state index in [-0.39, 0.29) is 21.8 Å². The molecule has 1 aromatic heterocycles. The molecule has 0 saturated carbocycles. The largest absolute Gasteiger partial charge is 0.357 e. The minimum atomic E-state index is -0.500. The van der Waals surface area contributed by atoms with E-state index in [2.05, 4.69) is 4.98 Å². The monoisotopic (exact) mass is 239 g/mol. The summed E-state index contributed by atoms with van der Waals surface area (Å²) >= 11 is 5.90. The summed E-state index contributed by atoms with van der Waals surface area (Å²) in [4.78, 5) is 14.8. The molecular weight excluding hydrogens is 229 g/mol. The summed E-state index contributed by atoms with van der Waals surface area (Å²) in [6, 6.07) is 3.89. The van der Waals surface area contributed by atoms with Gasteiger partial charge in [0.1, 0.15) is 5.82 Å². The highest BCUT2D eigenvalue weighted by atomic mass is 35.5. The number of hydrogen-bond donors (Lipinski definition) is 1. The van der Waals surface area contributed by atoms with Crippen LogP contribution in [0.5, 0.6) is 0 Å². The van der Waals surface area contributed by atoms with Gasteiger partial charge in [-0.25, -0.2) is 4.39 Å². The Labute approximate surface area is 97.1 Å². The number of H-pyrrole nitrogens is 1. The van der Waals surface area contributed by atoms with Crippen molar-refractivity contribution in [1.82, 2.24) is 4.98 Å². The van der Waals surface area contributed by atoms with Crippen LogP contribution in [0.15, 0.2) is 23.0 Å². The van der Waals surface area contributed by atoms with E-state index in [0.717, 1.165) is 5.69 Å². The standard InChI is InChI=1S/C12H11ClFNO/c1-6(2)10-5-11(16)8-3-7(14)4-9(13)12(8)15-10/h3-6H,1-2H3,(H,15,16). The number of rotatable bonds is 1. The van der Waals surface area contributed by atoms with E-state index in [4.69, 9.17) is 11.6 Å². The van der Waals surface area contributed by atoms with E-state index in [1.54, 1.807) is 0 Å². The third-order valence-electron chi connectivity index (χ3n) is 2.50. The first-order valence-electron chi connectivity index (χ1n) is 5.01. The second kappa shape index (κ2) is 3.91. The van der Waals surface area contributed by atoms with E-state index in [0.29, 0.717) is 5.52 Å². The van der Waals surface area contributed by atoms with Crippen molar-refractivity contribution in [2.75, 3.05) is 0 Å². The lowest BCUT2D eigenvalue weighted by atomic mass is 10.1. The van der Waals surface area contributed by atoms with Crippen molar-refractivity contribution in [2.45, 2.75) is 19.8 Å². The van der Waals surface area contributed by atoms with Crippen molar-refractivity contribution in [3.63, 3.8) is 0 Å². The molecule has 1 aromatic carbocycles. The van der Waals surface area contributed by atoms with Gasteiger partial charge >= 0.3 is 0 Å². The van der Waals surface area contributed by atoms with Crippen molar-refractivity contribution >= 4 is 22.5 Å². The normalized spacial score (nSPS) is 11.3. The number of fused-ring (bicyclic) bond motifs is 1. The predicted octanol–water partition coefficient (Wildman–Crippen LogP) is 3.44. The lowest BCUT2D eigenvalue weighted by Gasteiger charge is -2.08. The van der Waals surface area contributed by atoms with Gasteiger partial charge < -0.3 is 4.98 Å². The van der Waals surface area contributed by atoms with Crippen LogP contribution >= 0.6 is 11.6 Å². The van der Waals surface area contributed by atoms with Gasteiger partial charge in [0.2, 0.25) is 0 Å². The molecular formula is C12H11ClFNO. The summed E-state index contributed by atoms with van der Waals surface area (Å²) in [5.74, 6) is -0.307. The van der Waals surface area contributed by atoms with E-state index in [9.17, 15) is 9.18 Å². The van der Waals surface area contributed by atoms with Crippen molar-refractivity contribution in [3.8, 4) is 0 Å². The maximum atomic E-state index is 13.1. The number of aromatic nitrogens is 1. The third-order valence-corrected chi connectivity index (χ3v) is 2.80. The van der Waals surface area contributed by atoms with Gasteiger partial charge in [-0.1, -0.05) is 25.4 Å². The molecule has 1 N–H and O–H groups in total. The van der Waals surface area contributed by atoms with Crippen LogP contribution in [-0.4, -0.2) is 4.98 Å². The molecule has 0 bridgehead atoms. The average molecular weight is 240 g/mol. The van der Waals surface area contributed by atoms with Gasteiger partial charge in [-0.15, -0.1) is 0 Å². The molecule has 0 aliphatic carbocycles. The molecule has 0 fully saturated rings. The van der Waals surface area contributed by atoms with Crippen LogP contribution in [0.25, 0.3) is 10.9 Å². The molecule has 4 heteroatoms. The SMILES string of the molecule is CC(C)c1cc(=O)c2cc(F)cc(Cl)c2[nH]1. The highest BCUT2D eigenvalue weighted by molar-refractivity contribution is 6.35. The van der Waals surface area contributed by atoms with Crippen molar-refractivity contribution < 1.29 is 4.39 Å². The second-order valence-corrected chi connectivity index (χ2v) is 4.46. The number of halogens is 2. The van der Waals surface area contributed by atoms with Gasteiger partial charge in [-0.3, -0.25) is 4.79 Å². The average Bonchev–Trinajstić information content (AvgIpc) is 2.19. The van der Waals surface area contributed by atoms with Crippen LogP contribution in [0.2, 0.25) is 5.02 Å². The molecule has 1 heterocycles. The van der Waals surface area contributed by atoms with Crippen LogP contribution in [-0.2, 0) is 0 Å². The molecule has 0 unspecified atom stereocenters. The summed E-state index contributed by atoms with van der Waals surface area (Å²) in [6.07, 6.45) is 0. The van der Waals surface area contributed by atoms with Gasteiger partial charge in [0.05, 0.1) is 10.5 Å². The third kappa shape index (κ3) is 1.83. The minimum absolute atomic E-state index is 0.193. The molecule has 0 saturated heterocycles. The van der Waals surface area contributed by atoms with Crippen LogP contribution in [0.3, 0.4) is 0 Å². The minimum Gasteiger partial charge on any atom is -0.357 e. The first-order chi connectivity index (χ1) is 7.49. The van der Waals surface area contributed by atoms with Crippen LogP contribution in [0, 0.1) is 5.82 Å². The van der Waals surface area contributed by atoms with Gasteiger partial charge in [0.25, 0.3) is 0 Å². The van der Waals surface area contributed by atoms with E-state index in [1.165, 1.54) is 18.2 Å². The Hall–Kier alpha value is -1.35. The van der Waals surface area contributed by atoms with E-state index >= 15 is 0 Å². The molecule has 0 aliphatic heterocycles. The summed E-state index contributed by atoms with van der Waals surface area (Å²) in [5.41, 5.74) is 1.09. The summed E-state index contributed by atoms with van der Waals surface area (Å²) in [7, 11) is 0. The Morgan fingerprint density at radius 1 is 1.31 bits per heavy atom. The zero-order chi connectivity index (χ0) is 11.9. The van der Waals surface area contributed by atoms with Crippen LogP contribution in [0.1, 0.15) is 25.5 Å². The quantitative estimate of drug-likeness (QED) is 0.812. The smallest absolute Gasteiger partial charge is 0.189 e. The highest BCUT2D eigenvalue weighted by Crippen LogP contribution is 2.22. The molecule has 0 atom stereocenters. The zero-order valence-electron chi connectivity index (χ0n) is 8.97. The molecule has 0 radical (unpaired) electrons. The number of pyridine rings is 1. The Morgan fingerprint density at radius 3 is 2.62 bits per heavy atom. The molecule has 2 aromatic rings. The van der Waals surface area contributed by atoms with Crippen molar-refractivity contribution in [3.05, 3.63) is 45.0 Å². The predicted molar refractivity (Wildman–Crippen MR) is 63.6 cm³/mol. The molecule has 2 rings (SSSR count). The zero-order valence-corrected chi connectivity index (χ0v) is 9.73. The first-order valence-corrected chi connectivity index (χ1v) is 5.39. The van der Waals surface area contributed by atoms with Crippen LogP contribution < -0.4 is 5.43 Å². The number of aromatic amines is 1. The Balaban J connectivity index is 2.87. The number of hydrogen-bond acceptors (Lipinski definition) is 1. The summed E-state index contributed by atoms with van der Waals surface area (Å²) in [5, 5.41) is 0.518. The highest BCUT2D eigenvalue weighted by Gasteiger charge is 2.09. The van der Waals surface area contributed by atoms with Crippen LogP contribution in [0.4, 0.5) is 4.39 Å². The Kier molecular flexibility index (Phi) is 2.72. The summed E-state index contributed by atoms with van der Waals surface area (Å²) in [6.45, 7) is 3.93. The van der Waals surface area contributed by atoms with E-state index < -0.39 is 5.82 Å². The van der Waals surface area contributed by atoms with Gasteiger partial charge in [-0.05, 0) is 18.1 Å². The van der Waals surface area contributed by atoms with Gasteiger partial charge in [0.15, 0.2) is 5.43 Å². The van der Waals surface area contributed by atoms with Gasteiger partial charge in [0, 0.05) is 17.1 Å². The Bertz CT molecular complexity index is 604. The molecule has 0 aliphatic rings. The molecule has 0 amide bonds. The lowest BCUT2D eigenvalue weighted by Crippen LogP contribution is -2.07. The van der Waals surface area contributed by atoms with Gasteiger partial charge in [-0.2, -0.15) is 0 Å². The maximum Gasteiger partial charge on any atom is 0.189 e. The maximum absolute atomic E-state index is 13.1. The fraction of sp³-hybridized carbons (Fsp3) is 0.250. The van der Waals surface area contributed by atoms with E-state index in [1.807, 2.05) is 13.8 Å². The fourth-order valence-electron chi connectivity index (χ4n) is 1.61. The topological polar surface area (TPSA) is 32.9 Å². The molecule has 84 valence electrons. The van der Waals surface area contributed by atoms with Crippen molar-refractivity contribution in [1.29, 1.82) is 0 Å². The molecule has 0 spiro atoms. The first kappa shape index (κ1) is 11.1. The van der Waals surface area contributed by atoms with Crippen molar-refractivity contribution in [2.24, 2.45) is 0 Å². The molecule has 2 nitrogen and oxygen atoms in total. The summed E-state index contributed by atoms with van der Waals surface area (Å²) < 4.78 is 13.1. The number of benzene rings is 1. The second-order valence-electron chi connectivity index (χ2n) is 4.05. The fourth-order valence-corrected chi connectivity index (χ4v) is 1.86. The molecule has 16 heavy (non-hydrogen) atoms. The number of nitrogens with one attached hydrogen (secondary N) is 1. The lowest BCUT2D eigenvalue weighted by molar-refractivity contribution is 0.629.